The highest BCUT2D eigenvalue weighted by molar-refractivity contribution is 6.04. The summed E-state index contributed by atoms with van der Waals surface area (Å²) in [5, 5.41) is 5.84. The van der Waals surface area contributed by atoms with E-state index in [1.165, 1.54) is 0 Å². The number of aromatic nitrogens is 2. The lowest BCUT2D eigenvalue weighted by atomic mass is 10.1. The number of imidazole rings is 1. The summed E-state index contributed by atoms with van der Waals surface area (Å²) in [5.41, 5.74) is 4.04. The summed E-state index contributed by atoms with van der Waals surface area (Å²) in [7, 11) is 1.63. The summed E-state index contributed by atoms with van der Waals surface area (Å²) < 4.78 is 6.90. The van der Waals surface area contributed by atoms with Gasteiger partial charge in [0.15, 0.2) is 5.82 Å². The van der Waals surface area contributed by atoms with Gasteiger partial charge in [-0.05, 0) is 56.7 Å². The second kappa shape index (κ2) is 9.01. The van der Waals surface area contributed by atoms with Crippen LogP contribution in [0.15, 0.2) is 18.2 Å². The number of carbonyl (C=O) groups is 2. The van der Waals surface area contributed by atoms with Crippen LogP contribution in [-0.4, -0.2) is 41.6 Å². The highest BCUT2D eigenvalue weighted by Gasteiger charge is 2.27. The number of fused-ring (bicyclic) bond motifs is 1. The van der Waals surface area contributed by atoms with Crippen molar-refractivity contribution >= 4 is 17.5 Å². The van der Waals surface area contributed by atoms with Gasteiger partial charge in [0, 0.05) is 32.5 Å². The normalized spacial score (nSPS) is 13.1. The highest BCUT2D eigenvalue weighted by atomic mass is 16.5. The Morgan fingerprint density at radius 1 is 1.21 bits per heavy atom. The van der Waals surface area contributed by atoms with Crippen LogP contribution >= 0.6 is 0 Å². The molecule has 0 spiro atoms. The first-order valence-electron chi connectivity index (χ1n) is 9.76. The van der Waals surface area contributed by atoms with Crippen LogP contribution in [0.4, 0.5) is 5.69 Å². The molecule has 0 saturated heterocycles. The molecule has 7 nitrogen and oxygen atoms in total. The Morgan fingerprint density at radius 3 is 2.82 bits per heavy atom. The maximum atomic E-state index is 12.9. The lowest BCUT2D eigenvalue weighted by Gasteiger charge is -2.17. The molecule has 0 radical (unpaired) electrons. The largest absolute Gasteiger partial charge is 0.385 e. The van der Waals surface area contributed by atoms with Gasteiger partial charge in [-0.3, -0.25) is 9.59 Å². The van der Waals surface area contributed by atoms with Crippen molar-refractivity contribution in [2.24, 2.45) is 0 Å². The topological polar surface area (TPSA) is 85.2 Å². The molecule has 0 fully saturated rings. The standard InChI is InChI=1S/C21H28N4O3/c1-14-8-9-15(2)16(13-14)23-21(27)19-24-18(17-7-4-5-11-25(17)19)20(26)22-10-6-12-28-3/h8-9,13H,4-7,10-12H2,1-3H3,(H,22,26)(H,23,27). The number of rotatable bonds is 7. The minimum Gasteiger partial charge on any atom is -0.385 e. The Balaban J connectivity index is 1.83. The van der Waals surface area contributed by atoms with Gasteiger partial charge in [0.2, 0.25) is 0 Å². The van der Waals surface area contributed by atoms with E-state index in [0.717, 1.165) is 48.2 Å². The van der Waals surface area contributed by atoms with Gasteiger partial charge >= 0.3 is 0 Å². The third-order valence-electron chi connectivity index (χ3n) is 4.99. The zero-order chi connectivity index (χ0) is 20.1. The first kappa shape index (κ1) is 20.1. The van der Waals surface area contributed by atoms with E-state index < -0.39 is 0 Å². The number of amides is 2. The summed E-state index contributed by atoms with van der Waals surface area (Å²) in [6.45, 7) is 5.75. The summed E-state index contributed by atoms with van der Waals surface area (Å²) in [6, 6.07) is 5.93. The molecule has 1 aliphatic rings. The number of hydrogen-bond donors (Lipinski definition) is 2. The molecule has 28 heavy (non-hydrogen) atoms. The second-order valence-electron chi connectivity index (χ2n) is 7.21. The van der Waals surface area contributed by atoms with Gasteiger partial charge in [0.1, 0.15) is 5.69 Å². The summed E-state index contributed by atoms with van der Waals surface area (Å²) in [5.74, 6) is -0.208. The number of hydrogen-bond acceptors (Lipinski definition) is 4. The molecule has 0 saturated carbocycles. The van der Waals surface area contributed by atoms with E-state index in [4.69, 9.17) is 4.74 Å². The molecule has 7 heteroatoms. The van der Waals surface area contributed by atoms with Crippen LogP contribution in [0.2, 0.25) is 0 Å². The van der Waals surface area contributed by atoms with Crippen LogP contribution in [0.1, 0.15) is 57.2 Å². The molecule has 150 valence electrons. The molecule has 1 aromatic heterocycles. The number of nitrogens with zero attached hydrogens (tertiary/aromatic N) is 2. The monoisotopic (exact) mass is 384 g/mol. The summed E-state index contributed by atoms with van der Waals surface area (Å²) >= 11 is 0. The Labute approximate surface area is 165 Å². The molecule has 0 unspecified atom stereocenters. The molecule has 2 N–H and O–H groups in total. The molecule has 0 aliphatic carbocycles. The smallest absolute Gasteiger partial charge is 0.291 e. The van der Waals surface area contributed by atoms with Gasteiger partial charge in [-0.2, -0.15) is 0 Å². The number of nitrogens with one attached hydrogen (secondary N) is 2. The molecule has 2 amide bonds. The predicted octanol–water partition coefficient (Wildman–Crippen LogP) is 2.85. The van der Waals surface area contributed by atoms with E-state index in [1.807, 2.05) is 36.6 Å². The maximum Gasteiger partial charge on any atom is 0.291 e. The minimum atomic E-state index is -0.282. The molecule has 1 aliphatic heterocycles. The van der Waals surface area contributed by atoms with Crippen molar-refractivity contribution in [3.8, 4) is 0 Å². The first-order valence-corrected chi connectivity index (χ1v) is 9.76. The number of benzene rings is 1. The molecule has 1 aromatic carbocycles. The third-order valence-corrected chi connectivity index (χ3v) is 4.99. The Hall–Kier alpha value is -2.67. The first-order chi connectivity index (χ1) is 13.5. The van der Waals surface area contributed by atoms with Crippen LogP contribution in [0, 0.1) is 13.8 Å². The molecule has 0 atom stereocenters. The lowest BCUT2D eigenvalue weighted by molar-refractivity contribution is 0.0942. The van der Waals surface area contributed by atoms with Gasteiger partial charge < -0.3 is 19.9 Å². The molecular formula is C21H28N4O3. The van der Waals surface area contributed by atoms with Gasteiger partial charge in [-0.1, -0.05) is 12.1 Å². The fourth-order valence-electron chi connectivity index (χ4n) is 3.45. The predicted molar refractivity (Wildman–Crippen MR) is 108 cm³/mol. The van der Waals surface area contributed by atoms with Gasteiger partial charge in [0.05, 0.1) is 5.69 Å². The van der Waals surface area contributed by atoms with Crippen LogP contribution in [0.5, 0.6) is 0 Å². The van der Waals surface area contributed by atoms with E-state index in [0.29, 0.717) is 31.2 Å². The lowest BCUT2D eigenvalue weighted by Crippen LogP contribution is -2.27. The Kier molecular flexibility index (Phi) is 6.46. The maximum absolute atomic E-state index is 12.9. The minimum absolute atomic E-state index is 0.229. The Bertz CT molecular complexity index is 873. The van der Waals surface area contributed by atoms with E-state index in [2.05, 4.69) is 15.6 Å². The zero-order valence-electron chi connectivity index (χ0n) is 16.8. The van der Waals surface area contributed by atoms with Crippen molar-refractivity contribution in [3.63, 3.8) is 0 Å². The van der Waals surface area contributed by atoms with E-state index in [-0.39, 0.29) is 11.8 Å². The van der Waals surface area contributed by atoms with Crippen molar-refractivity contribution in [1.82, 2.24) is 14.9 Å². The van der Waals surface area contributed by atoms with Gasteiger partial charge in [0.25, 0.3) is 11.8 Å². The number of anilines is 1. The van der Waals surface area contributed by atoms with Gasteiger partial charge in [-0.15, -0.1) is 0 Å². The number of ether oxygens (including phenoxy) is 1. The second-order valence-corrected chi connectivity index (χ2v) is 7.21. The SMILES string of the molecule is COCCCNC(=O)c1nc(C(=O)Nc2cc(C)ccc2C)n2c1CCCC2. The van der Waals surface area contributed by atoms with Crippen LogP contribution in [0.25, 0.3) is 0 Å². The van der Waals surface area contributed by atoms with Gasteiger partial charge in [-0.25, -0.2) is 4.98 Å². The van der Waals surface area contributed by atoms with Crippen LogP contribution < -0.4 is 10.6 Å². The third kappa shape index (κ3) is 4.42. The van der Waals surface area contributed by atoms with E-state index in [9.17, 15) is 9.59 Å². The molecule has 0 bridgehead atoms. The van der Waals surface area contributed by atoms with Crippen LogP contribution in [0.3, 0.4) is 0 Å². The van der Waals surface area contributed by atoms with Crippen molar-refractivity contribution in [2.75, 3.05) is 25.6 Å². The highest BCUT2D eigenvalue weighted by Crippen LogP contribution is 2.23. The molecule has 3 rings (SSSR count). The summed E-state index contributed by atoms with van der Waals surface area (Å²) in [4.78, 5) is 30.0. The quantitative estimate of drug-likeness (QED) is 0.719. The van der Waals surface area contributed by atoms with Crippen LogP contribution in [-0.2, 0) is 17.7 Å². The molecule has 2 heterocycles. The van der Waals surface area contributed by atoms with Crippen molar-refractivity contribution in [3.05, 3.63) is 46.5 Å². The summed E-state index contributed by atoms with van der Waals surface area (Å²) in [6.07, 6.45) is 3.46. The van der Waals surface area contributed by atoms with Crippen molar-refractivity contribution < 1.29 is 14.3 Å². The van der Waals surface area contributed by atoms with Crippen molar-refractivity contribution in [1.29, 1.82) is 0 Å². The average Bonchev–Trinajstić information content (AvgIpc) is 3.08. The molecular weight excluding hydrogens is 356 g/mol. The molecule has 2 aromatic rings. The Morgan fingerprint density at radius 2 is 2.04 bits per heavy atom. The number of methoxy groups -OCH3 is 1. The number of aryl methyl sites for hydroxylation is 2. The van der Waals surface area contributed by atoms with E-state index >= 15 is 0 Å². The average molecular weight is 384 g/mol. The fraction of sp³-hybridized carbons (Fsp3) is 0.476. The van der Waals surface area contributed by atoms with Crippen molar-refractivity contribution in [2.45, 2.75) is 46.1 Å². The zero-order valence-corrected chi connectivity index (χ0v) is 16.8. The fourth-order valence-corrected chi connectivity index (χ4v) is 3.45. The number of carbonyl (C=O) groups excluding carboxylic acids is 2. The van der Waals surface area contributed by atoms with E-state index in [1.54, 1.807) is 7.11 Å².